The van der Waals surface area contributed by atoms with E-state index in [-0.39, 0.29) is 23.5 Å². The lowest BCUT2D eigenvalue weighted by atomic mass is 9.80. The number of rotatable bonds is 9. The van der Waals surface area contributed by atoms with Crippen LogP contribution in [0.4, 0.5) is 5.69 Å². The van der Waals surface area contributed by atoms with Gasteiger partial charge in [-0.1, -0.05) is 44.7 Å². The topological polar surface area (TPSA) is 113 Å². The molecule has 2 amide bonds. The van der Waals surface area contributed by atoms with Crippen molar-refractivity contribution in [2.75, 3.05) is 12.4 Å². The van der Waals surface area contributed by atoms with Crippen LogP contribution in [0.25, 0.3) is 11.1 Å². The highest BCUT2D eigenvalue weighted by molar-refractivity contribution is 6.03. The van der Waals surface area contributed by atoms with Crippen molar-refractivity contribution in [3.63, 3.8) is 0 Å². The Morgan fingerprint density at radius 2 is 1.74 bits per heavy atom. The van der Waals surface area contributed by atoms with Crippen molar-refractivity contribution in [2.24, 2.45) is 0 Å². The molecule has 1 atom stereocenters. The van der Waals surface area contributed by atoms with Crippen molar-refractivity contribution >= 4 is 34.4 Å². The minimum Gasteiger partial charge on any atom is -0.434 e. The van der Waals surface area contributed by atoms with Crippen LogP contribution in [-0.2, 0) is 4.79 Å². The van der Waals surface area contributed by atoms with E-state index in [1.54, 1.807) is 24.3 Å². The van der Waals surface area contributed by atoms with Crippen molar-refractivity contribution < 1.29 is 18.8 Å². The summed E-state index contributed by atoms with van der Waals surface area (Å²) in [5.41, 5.74) is 1.43. The Kier molecular flexibility index (Phi) is 7.48. The van der Waals surface area contributed by atoms with Gasteiger partial charge in [-0.2, -0.15) is 0 Å². The maximum absolute atomic E-state index is 13.6. The van der Waals surface area contributed by atoms with E-state index in [1.165, 1.54) is 0 Å². The molecule has 1 saturated carbocycles. The monoisotopic (exact) mass is 476 g/mol. The number of carbonyl (C=O) groups excluding carboxylic acids is 3. The summed E-state index contributed by atoms with van der Waals surface area (Å²) < 4.78 is 5.66. The molecule has 1 heterocycles. The van der Waals surface area contributed by atoms with Crippen molar-refractivity contribution in [3.8, 4) is 0 Å². The normalized spacial score (nSPS) is 15.8. The molecule has 8 nitrogen and oxygen atoms in total. The summed E-state index contributed by atoms with van der Waals surface area (Å²) in [5, 5.41) is 8.97. The first-order valence-electron chi connectivity index (χ1n) is 12.3. The molecule has 184 valence electrons. The number of carbonyl (C=O) groups is 3. The van der Waals surface area contributed by atoms with E-state index in [0.29, 0.717) is 42.3 Å². The van der Waals surface area contributed by atoms with E-state index in [9.17, 15) is 14.4 Å². The van der Waals surface area contributed by atoms with Crippen LogP contribution in [0.3, 0.4) is 0 Å². The molecule has 1 aliphatic rings. The van der Waals surface area contributed by atoms with Crippen LogP contribution in [0, 0.1) is 0 Å². The fraction of sp³-hybridized carbons (Fsp3) is 0.407. The highest BCUT2D eigenvalue weighted by atomic mass is 16.4. The van der Waals surface area contributed by atoms with Crippen LogP contribution in [-0.4, -0.2) is 41.2 Å². The van der Waals surface area contributed by atoms with Gasteiger partial charge in [-0.05, 0) is 55.7 Å². The average molecular weight is 477 g/mol. The number of para-hydroxylation sites is 2. The third-order valence-corrected chi connectivity index (χ3v) is 6.63. The van der Waals surface area contributed by atoms with Gasteiger partial charge >= 0.3 is 0 Å². The Balaban J connectivity index is 1.54. The summed E-state index contributed by atoms with van der Waals surface area (Å²) in [6.07, 6.45) is 4.83. The summed E-state index contributed by atoms with van der Waals surface area (Å²) in [4.78, 5) is 44.3. The minimum absolute atomic E-state index is 0.0173. The van der Waals surface area contributed by atoms with Crippen molar-refractivity contribution in [1.82, 2.24) is 15.6 Å². The van der Waals surface area contributed by atoms with E-state index in [0.717, 1.165) is 24.9 Å². The molecule has 0 bridgehead atoms. The summed E-state index contributed by atoms with van der Waals surface area (Å²) in [5.74, 6) is -1.02. The first-order chi connectivity index (χ1) is 17.0. The lowest BCUT2D eigenvalue weighted by Gasteiger charge is -2.37. The van der Waals surface area contributed by atoms with Crippen LogP contribution >= 0.6 is 0 Å². The number of oxazole rings is 1. The van der Waals surface area contributed by atoms with Crippen LogP contribution < -0.4 is 16.0 Å². The number of Topliss-reactive ketones (excluding diaryl/α,β-unsaturated/α-hetero) is 1. The third kappa shape index (κ3) is 5.37. The quantitative estimate of drug-likeness (QED) is 0.393. The van der Waals surface area contributed by atoms with Crippen molar-refractivity contribution in [1.29, 1.82) is 0 Å². The first kappa shape index (κ1) is 24.4. The molecule has 0 saturated heterocycles. The number of hydrogen-bond acceptors (Lipinski definition) is 6. The summed E-state index contributed by atoms with van der Waals surface area (Å²) in [7, 11) is 1.81. The van der Waals surface area contributed by atoms with Crippen LogP contribution in [0.15, 0.2) is 52.9 Å². The second kappa shape index (κ2) is 10.7. The van der Waals surface area contributed by atoms with E-state index in [4.69, 9.17) is 4.42 Å². The number of aromatic nitrogens is 1. The average Bonchev–Trinajstić information content (AvgIpc) is 3.33. The standard InChI is InChI=1S/C27H32N4O4/c1-3-9-21(23(32)25-29-20-10-5-6-11-22(20)35-25)30-26(34)27(16-7-4-8-17-27)31-24(33)18-12-14-19(28-2)15-13-18/h5-6,10-15,21,28H,3-4,7-9,16-17H2,1-2H3,(H,30,34)(H,31,33)/t21-/m0/s1. The number of anilines is 1. The summed E-state index contributed by atoms with van der Waals surface area (Å²) in [6, 6.07) is 13.5. The zero-order chi connectivity index (χ0) is 24.8. The molecule has 1 fully saturated rings. The lowest BCUT2D eigenvalue weighted by molar-refractivity contribution is -0.129. The smallest absolute Gasteiger partial charge is 0.266 e. The molecular weight excluding hydrogens is 444 g/mol. The molecule has 0 aliphatic heterocycles. The summed E-state index contributed by atoms with van der Waals surface area (Å²) >= 11 is 0. The highest BCUT2D eigenvalue weighted by Gasteiger charge is 2.42. The zero-order valence-corrected chi connectivity index (χ0v) is 20.2. The van der Waals surface area contributed by atoms with E-state index in [1.807, 2.05) is 38.2 Å². The number of amides is 2. The fourth-order valence-corrected chi connectivity index (χ4v) is 4.62. The summed E-state index contributed by atoms with van der Waals surface area (Å²) in [6.45, 7) is 1.95. The molecule has 8 heteroatoms. The van der Waals surface area contributed by atoms with Gasteiger partial charge in [-0.25, -0.2) is 4.98 Å². The molecule has 0 spiro atoms. The number of benzene rings is 2. The molecule has 4 rings (SSSR count). The van der Waals surface area contributed by atoms with E-state index < -0.39 is 11.6 Å². The van der Waals surface area contributed by atoms with Gasteiger partial charge in [0, 0.05) is 18.3 Å². The van der Waals surface area contributed by atoms with E-state index >= 15 is 0 Å². The van der Waals surface area contributed by atoms with Gasteiger partial charge in [0.05, 0.1) is 6.04 Å². The predicted molar refractivity (Wildman–Crippen MR) is 134 cm³/mol. The highest BCUT2D eigenvalue weighted by Crippen LogP contribution is 2.30. The maximum Gasteiger partial charge on any atom is 0.266 e. The number of nitrogens with one attached hydrogen (secondary N) is 3. The van der Waals surface area contributed by atoms with Gasteiger partial charge in [0.1, 0.15) is 11.1 Å². The Morgan fingerprint density at radius 1 is 1.03 bits per heavy atom. The maximum atomic E-state index is 13.6. The van der Waals surface area contributed by atoms with Gasteiger partial charge in [0.25, 0.3) is 11.8 Å². The van der Waals surface area contributed by atoms with Crippen molar-refractivity contribution in [3.05, 3.63) is 60.0 Å². The van der Waals surface area contributed by atoms with Gasteiger partial charge in [-0.3, -0.25) is 14.4 Å². The number of hydrogen-bond donors (Lipinski definition) is 3. The molecule has 3 N–H and O–H groups in total. The first-order valence-corrected chi connectivity index (χ1v) is 12.3. The zero-order valence-electron chi connectivity index (χ0n) is 20.2. The van der Waals surface area contributed by atoms with Crippen molar-refractivity contribution in [2.45, 2.75) is 63.5 Å². The largest absolute Gasteiger partial charge is 0.434 e. The Labute approximate surface area is 204 Å². The van der Waals surface area contributed by atoms with Crippen LogP contribution in [0.2, 0.25) is 0 Å². The molecule has 2 aromatic carbocycles. The van der Waals surface area contributed by atoms with Crippen LogP contribution in [0.5, 0.6) is 0 Å². The lowest BCUT2D eigenvalue weighted by Crippen LogP contribution is -2.62. The second-order valence-corrected chi connectivity index (χ2v) is 9.09. The molecule has 0 unspecified atom stereocenters. The minimum atomic E-state index is -1.06. The van der Waals surface area contributed by atoms with E-state index in [2.05, 4.69) is 20.9 Å². The molecular formula is C27H32N4O4. The second-order valence-electron chi connectivity index (χ2n) is 9.09. The van der Waals surface area contributed by atoms with Gasteiger partial charge in [-0.15, -0.1) is 0 Å². The Hall–Kier alpha value is -3.68. The fourth-order valence-electron chi connectivity index (χ4n) is 4.62. The molecule has 35 heavy (non-hydrogen) atoms. The Bertz CT molecular complexity index is 1160. The molecule has 3 aromatic rings. The number of ketones is 1. The van der Waals surface area contributed by atoms with Gasteiger partial charge in [0.2, 0.25) is 11.7 Å². The number of nitrogens with zero attached hydrogens (tertiary/aromatic N) is 1. The molecule has 1 aromatic heterocycles. The predicted octanol–water partition coefficient (Wildman–Crippen LogP) is 4.47. The molecule has 1 aliphatic carbocycles. The third-order valence-electron chi connectivity index (χ3n) is 6.63. The van der Waals surface area contributed by atoms with Crippen LogP contribution in [0.1, 0.15) is 72.9 Å². The SMILES string of the molecule is CCC[C@H](NC(=O)C1(NC(=O)c2ccc(NC)cc2)CCCCC1)C(=O)c1nc2ccccc2o1. The number of fused-ring (bicyclic) bond motifs is 1. The molecule has 0 radical (unpaired) electrons. The van der Waals surface area contributed by atoms with Gasteiger partial charge in [0.15, 0.2) is 5.58 Å². The Morgan fingerprint density at radius 3 is 2.40 bits per heavy atom. The van der Waals surface area contributed by atoms with Gasteiger partial charge < -0.3 is 20.4 Å².